The number of ether oxygens (including phenoxy) is 1. The summed E-state index contributed by atoms with van der Waals surface area (Å²) in [6.45, 7) is 8.61. The molecule has 32 heavy (non-hydrogen) atoms. The minimum Gasteiger partial charge on any atom is -0.385 e. The van der Waals surface area contributed by atoms with Crippen molar-refractivity contribution in [3.63, 3.8) is 0 Å². The molecule has 1 heterocycles. The van der Waals surface area contributed by atoms with Crippen LogP contribution in [0, 0.1) is 5.41 Å². The fourth-order valence-electron chi connectivity index (χ4n) is 4.99. The van der Waals surface area contributed by atoms with Crippen LogP contribution in [0.3, 0.4) is 0 Å². The fraction of sp³-hybridized carbons (Fsp3) is 0.720. The number of unbranched alkanes of at least 4 members (excludes halogenated alkanes) is 1. The first-order valence-corrected chi connectivity index (χ1v) is 12.2. The number of anilines is 1. The van der Waals surface area contributed by atoms with Crippen LogP contribution in [0.25, 0.3) is 0 Å². The molecule has 2 aliphatic rings. The van der Waals surface area contributed by atoms with Crippen LogP contribution in [0.2, 0.25) is 0 Å². The number of piperazine rings is 1. The summed E-state index contributed by atoms with van der Waals surface area (Å²) in [6, 6.07) is 10.8. The van der Waals surface area contributed by atoms with Gasteiger partial charge >= 0.3 is 0 Å². The highest BCUT2D eigenvalue weighted by molar-refractivity contribution is 14.0. The molecule has 1 aliphatic carbocycles. The predicted molar refractivity (Wildman–Crippen MR) is 147 cm³/mol. The number of hydrogen-bond acceptors (Lipinski definition) is 4. The number of nitrogens with zero attached hydrogens (tertiary/aromatic N) is 3. The van der Waals surface area contributed by atoms with Crippen LogP contribution in [0.1, 0.15) is 44.9 Å². The summed E-state index contributed by atoms with van der Waals surface area (Å²) in [5.74, 6) is 0.945. The van der Waals surface area contributed by atoms with Gasteiger partial charge in [-0.05, 0) is 56.2 Å². The molecule has 6 nitrogen and oxygen atoms in total. The molecule has 2 N–H and O–H groups in total. The normalized spacial score (nSPS) is 18.9. The van der Waals surface area contributed by atoms with Gasteiger partial charge in [0.15, 0.2) is 5.96 Å². The molecule has 182 valence electrons. The second kappa shape index (κ2) is 15.0. The Morgan fingerprint density at radius 1 is 1.03 bits per heavy atom. The highest BCUT2D eigenvalue weighted by Gasteiger charge is 2.33. The van der Waals surface area contributed by atoms with Crippen molar-refractivity contribution in [2.45, 2.75) is 44.9 Å². The number of halogens is 1. The predicted octanol–water partition coefficient (Wildman–Crippen LogP) is 3.97. The van der Waals surface area contributed by atoms with Gasteiger partial charge in [0.2, 0.25) is 0 Å². The fourth-order valence-corrected chi connectivity index (χ4v) is 4.99. The highest BCUT2D eigenvalue weighted by Crippen LogP contribution is 2.40. The van der Waals surface area contributed by atoms with Crippen molar-refractivity contribution >= 4 is 35.6 Å². The Bertz CT molecular complexity index is 643. The van der Waals surface area contributed by atoms with E-state index in [1.807, 2.05) is 7.05 Å². The molecule has 1 aromatic rings. The largest absolute Gasteiger partial charge is 0.385 e. The Hall–Kier alpha value is -1.06. The average Bonchev–Trinajstić information content (AvgIpc) is 3.29. The van der Waals surface area contributed by atoms with Crippen molar-refractivity contribution in [2.75, 3.05) is 71.5 Å². The molecule has 1 aliphatic heterocycles. The Morgan fingerprint density at radius 2 is 1.75 bits per heavy atom. The van der Waals surface area contributed by atoms with E-state index in [2.05, 4.69) is 55.8 Å². The highest BCUT2D eigenvalue weighted by atomic mass is 127. The van der Waals surface area contributed by atoms with E-state index in [4.69, 9.17) is 4.74 Å². The SMILES string of the molecule is CN=C(NCCCCN1CCN(c2ccccc2)CC1)NCC1(CCOC)CCCC1.I. The number of nitrogens with one attached hydrogen (secondary N) is 2. The molecule has 2 fully saturated rings. The van der Waals surface area contributed by atoms with Gasteiger partial charge in [0.1, 0.15) is 0 Å². The average molecular weight is 558 g/mol. The zero-order valence-electron chi connectivity index (χ0n) is 20.2. The quantitative estimate of drug-likeness (QED) is 0.187. The van der Waals surface area contributed by atoms with Gasteiger partial charge in [0.05, 0.1) is 0 Å². The topological polar surface area (TPSA) is 52.1 Å². The summed E-state index contributed by atoms with van der Waals surface area (Å²) in [6.07, 6.45) is 8.84. The van der Waals surface area contributed by atoms with Crippen LogP contribution >= 0.6 is 24.0 Å². The maximum absolute atomic E-state index is 5.35. The minimum absolute atomic E-state index is 0. The number of para-hydroxylation sites is 1. The van der Waals surface area contributed by atoms with Gasteiger partial charge in [-0.1, -0.05) is 31.0 Å². The number of hydrogen-bond donors (Lipinski definition) is 2. The van der Waals surface area contributed by atoms with Gasteiger partial charge in [0.25, 0.3) is 0 Å². The molecule has 0 atom stereocenters. The number of benzene rings is 1. The zero-order chi connectivity index (χ0) is 21.8. The lowest BCUT2D eigenvalue weighted by molar-refractivity contribution is 0.138. The molecule has 1 aromatic carbocycles. The van der Waals surface area contributed by atoms with E-state index in [1.54, 1.807) is 7.11 Å². The molecule has 7 heteroatoms. The molecule has 0 radical (unpaired) electrons. The van der Waals surface area contributed by atoms with E-state index in [0.29, 0.717) is 5.41 Å². The van der Waals surface area contributed by atoms with E-state index < -0.39 is 0 Å². The number of methoxy groups -OCH3 is 1. The molecule has 1 saturated carbocycles. The third-order valence-corrected chi connectivity index (χ3v) is 7.04. The first kappa shape index (κ1) is 27.2. The number of guanidine groups is 1. The van der Waals surface area contributed by atoms with Gasteiger partial charge < -0.3 is 20.3 Å². The lowest BCUT2D eigenvalue weighted by Crippen LogP contribution is -2.46. The van der Waals surface area contributed by atoms with E-state index >= 15 is 0 Å². The van der Waals surface area contributed by atoms with Crippen LogP contribution in [-0.2, 0) is 4.74 Å². The Morgan fingerprint density at radius 3 is 2.41 bits per heavy atom. The number of rotatable bonds is 11. The minimum atomic E-state index is 0. The van der Waals surface area contributed by atoms with E-state index in [1.165, 1.54) is 50.8 Å². The first-order chi connectivity index (χ1) is 15.2. The molecule has 0 aromatic heterocycles. The smallest absolute Gasteiger partial charge is 0.190 e. The van der Waals surface area contributed by atoms with Crippen LogP contribution in [0.4, 0.5) is 5.69 Å². The second-order valence-electron chi connectivity index (χ2n) is 9.17. The van der Waals surface area contributed by atoms with Crippen molar-refractivity contribution in [3.05, 3.63) is 30.3 Å². The van der Waals surface area contributed by atoms with Crippen molar-refractivity contribution in [1.82, 2.24) is 15.5 Å². The van der Waals surface area contributed by atoms with Crippen molar-refractivity contribution in [3.8, 4) is 0 Å². The summed E-state index contributed by atoms with van der Waals surface area (Å²) < 4.78 is 5.35. The second-order valence-corrected chi connectivity index (χ2v) is 9.17. The van der Waals surface area contributed by atoms with E-state index in [9.17, 15) is 0 Å². The Balaban J connectivity index is 0.00000363. The molecular formula is C25H44IN5O. The number of aliphatic imine (C=N–C) groups is 1. The van der Waals surface area contributed by atoms with Crippen molar-refractivity contribution < 1.29 is 4.74 Å². The lowest BCUT2D eigenvalue weighted by Gasteiger charge is -2.36. The molecular weight excluding hydrogens is 513 g/mol. The van der Waals surface area contributed by atoms with Crippen molar-refractivity contribution in [1.29, 1.82) is 0 Å². The standard InChI is InChI=1S/C25H43N5O.HI/c1-26-24(28-22-25(14-21-31-2)12-6-7-13-25)27-15-8-9-16-29-17-19-30(20-18-29)23-10-4-3-5-11-23;/h3-5,10-11H,6-9,12-22H2,1-2H3,(H2,26,27,28);1H. The lowest BCUT2D eigenvalue weighted by atomic mass is 9.83. The molecule has 0 unspecified atom stereocenters. The third kappa shape index (κ3) is 8.71. The summed E-state index contributed by atoms with van der Waals surface area (Å²) in [4.78, 5) is 9.53. The van der Waals surface area contributed by atoms with Crippen LogP contribution in [-0.4, -0.2) is 77.4 Å². The summed E-state index contributed by atoms with van der Waals surface area (Å²) in [5, 5.41) is 7.10. The van der Waals surface area contributed by atoms with Gasteiger partial charge in [-0.2, -0.15) is 0 Å². The van der Waals surface area contributed by atoms with Crippen LogP contribution < -0.4 is 15.5 Å². The molecule has 0 spiro atoms. The zero-order valence-corrected chi connectivity index (χ0v) is 22.5. The van der Waals surface area contributed by atoms with Gasteiger partial charge in [-0.3, -0.25) is 9.89 Å². The summed E-state index contributed by atoms with van der Waals surface area (Å²) >= 11 is 0. The van der Waals surface area contributed by atoms with E-state index in [-0.39, 0.29) is 24.0 Å². The maximum Gasteiger partial charge on any atom is 0.190 e. The summed E-state index contributed by atoms with van der Waals surface area (Å²) in [5.41, 5.74) is 1.74. The Kier molecular flexibility index (Phi) is 12.7. The molecule has 3 rings (SSSR count). The van der Waals surface area contributed by atoms with Gasteiger partial charge in [0, 0.05) is 65.7 Å². The molecule has 0 bridgehead atoms. The van der Waals surface area contributed by atoms with Crippen molar-refractivity contribution in [2.24, 2.45) is 10.4 Å². The van der Waals surface area contributed by atoms with Gasteiger partial charge in [-0.15, -0.1) is 24.0 Å². The monoisotopic (exact) mass is 557 g/mol. The Labute approximate surface area is 212 Å². The molecule has 0 amide bonds. The third-order valence-electron chi connectivity index (χ3n) is 7.04. The molecule has 1 saturated heterocycles. The van der Waals surface area contributed by atoms with Crippen LogP contribution in [0.5, 0.6) is 0 Å². The van der Waals surface area contributed by atoms with Gasteiger partial charge in [-0.25, -0.2) is 0 Å². The van der Waals surface area contributed by atoms with Crippen LogP contribution in [0.15, 0.2) is 35.3 Å². The first-order valence-electron chi connectivity index (χ1n) is 12.2. The van der Waals surface area contributed by atoms with E-state index in [0.717, 1.165) is 58.3 Å². The maximum atomic E-state index is 5.35. The summed E-state index contributed by atoms with van der Waals surface area (Å²) in [7, 11) is 3.68.